The van der Waals surface area contributed by atoms with E-state index in [9.17, 15) is 28.1 Å². The summed E-state index contributed by atoms with van der Waals surface area (Å²) in [4.78, 5) is 24.4. The molecule has 0 fully saturated rings. The van der Waals surface area contributed by atoms with E-state index in [-0.39, 0.29) is 12.4 Å². The molecule has 0 amide bonds. The third kappa shape index (κ3) is 4.46. The summed E-state index contributed by atoms with van der Waals surface area (Å²) in [5, 5.41) is 10.8. The molecule has 0 atom stereocenters. The Bertz CT molecular complexity index is 576. The highest BCUT2D eigenvalue weighted by Crippen LogP contribution is 2.38. The molecule has 0 saturated heterocycles. The zero-order valence-electron chi connectivity index (χ0n) is 11.5. The number of hydrogen-bond acceptors (Lipinski definition) is 7. The molecule has 0 radical (unpaired) electrons. The van der Waals surface area contributed by atoms with Crippen LogP contribution in [-0.2, 0) is 16.0 Å². The first-order chi connectivity index (χ1) is 10.2. The predicted molar refractivity (Wildman–Crippen MR) is 64.5 cm³/mol. The van der Waals surface area contributed by atoms with Crippen molar-refractivity contribution in [1.29, 1.82) is 0 Å². The van der Waals surface area contributed by atoms with Crippen LogP contribution in [0, 0.1) is 10.1 Å². The molecule has 0 bridgehead atoms. The number of rotatable bonds is 6. The number of nitrogens with zero attached hydrogens (tertiary/aromatic N) is 2. The quantitative estimate of drug-likeness (QED) is 0.448. The number of carbonyl (C=O) groups excluding carboxylic acids is 1. The molecular weight excluding hydrogens is 313 g/mol. The highest BCUT2D eigenvalue weighted by atomic mass is 19.4. The second kappa shape index (κ2) is 6.91. The number of alkyl halides is 3. The van der Waals surface area contributed by atoms with Crippen LogP contribution in [-0.4, -0.2) is 36.0 Å². The van der Waals surface area contributed by atoms with Crippen LogP contribution in [0.25, 0.3) is 0 Å². The number of esters is 1. The van der Waals surface area contributed by atoms with Crippen LogP contribution in [0.5, 0.6) is 11.5 Å². The Morgan fingerprint density at radius 1 is 1.45 bits per heavy atom. The first-order valence-corrected chi connectivity index (χ1v) is 5.81. The van der Waals surface area contributed by atoms with Gasteiger partial charge in [0.1, 0.15) is 0 Å². The Labute approximate surface area is 121 Å². The number of ether oxygens (including phenoxy) is 3. The fraction of sp³-hybridized carbons (Fsp3) is 0.455. The van der Waals surface area contributed by atoms with Gasteiger partial charge in [-0.3, -0.25) is 4.79 Å². The largest absolute Gasteiger partial charge is 0.573 e. The van der Waals surface area contributed by atoms with Crippen molar-refractivity contribution in [3.63, 3.8) is 0 Å². The molecule has 22 heavy (non-hydrogen) atoms. The Kier molecular flexibility index (Phi) is 5.49. The third-order valence-electron chi connectivity index (χ3n) is 2.32. The monoisotopic (exact) mass is 324 g/mol. The lowest BCUT2D eigenvalue weighted by molar-refractivity contribution is -0.393. The molecule has 1 rings (SSSR count). The summed E-state index contributed by atoms with van der Waals surface area (Å²) in [5.74, 6) is -3.55. The number of aromatic nitrogens is 1. The summed E-state index contributed by atoms with van der Waals surface area (Å²) in [5.41, 5.74) is -0.472. The van der Waals surface area contributed by atoms with Crippen LogP contribution in [0.4, 0.5) is 19.0 Å². The fourth-order valence-electron chi connectivity index (χ4n) is 1.56. The van der Waals surface area contributed by atoms with Crippen LogP contribution >= 0.6 is 0 Å². The van der Waals surface area contributed by atoms with E-state index in [4.69, 9.17) is 4.74 Å². The minimum Gasteiger partial charge on any atom is -0.492 e. The van der Waals surface area contributed by atoms with Crippen molar-refractivity contribution in [2.45, 2.75) is 19.7 Å². The number of halogens is 3. The maximum Gasteiger partial charge on any atom is 0.573 e. The van der Waals surface area contributed by atoms with Crippen LogP contribution in [0.1, 0.15) is 12.5 Å². The summed E-state index contributed by atoms with van der Waals surface area (Å²) >= 11 is 0. The molecule has 8 nitrogen and oxygen atoms in total. The maximum absolute atomic E-state index is 12.5. The zero-order valence-corrected chi connectivity index (χ0v) is 11.5. The van der Waals surface area contributed by atoms with Gasteiger partial charge in [-0.25, -0.2) is 0 Å². The predicted octanol–water partition coefficient (Wildman–Crippen LogP) is 2.00. The van der Waals surface area contributed by atoms with Gasteiger partial charge in [0.25, 0.3) is 0 Å². The van der Waals surface area contributed by atoms with E-state index < -0.39 is 40.8 Å². The van der Waals surface area contributed by atoms with Gasteiger partial charge in [0.15, 0.2) is 11.9 Å². The Morgan fingerprint density at radius 2 is 2.09 bits per heavy atom. The van der Waals surface area contributed by atoms with Gasteiger partial charge in [-0.2, -0.15) is 0 Å². The minimum atomic E-state index is -5.21. The van der Waals surface area contributed by atoms with Crippen LogP contribution in [0.3, 0.4) is 0 Å². The minimum absolute atomic E-state index is 0.0101. The lowest BCUT2D eigenvalue weighted by Gasteiger charge is -2.14. The Balaban J connectivity index is 3.42. The molecule has 0 aliphatic carbocycles. The summed E-state index contributed by atoms with van der Waals surface area (Å²) in [7, 11) is 1.11. The molecule has 0 spiro atoms. The lowest BCUT2D eigenvalue weighted by atomic mass is 10.1. The van der Waals surface area contributed by atoms with E-state index in [1.54, 1.807) is 0 Å². The molecule has 11 heteroatoms. The molecule has 0 N–H and O–H groups in total. The smallest absolute Gasteiger partial charge is 0.492 e. The second-order valence-corrected chi connectivity index (χ2v) is 3.74. The molecule has 0 aromatic carbocycles. The van der Waals surface area contributed by atoms with Crippen LogP contribution in [0.2, 0.25) is 0 Å². The average molecular weight is 324 g/mol. The topological polar surface area (TPSA) is 101 Å². The Hall–Kier alpha value is -2.59. The number of methoxy groups -OCH3 is 1. The molecule has 122 valence electrons. The highest BCUT2D eigenvalue weighted by Gasteiger charge is 2.38. The summed E-state index contributed by atoms with van der Waals surface area (Å²) < 4.78 is 50.4. The lowest BCUT2D eigenvalue weighted by Crippen LogP contribution is -2.21. The first-order valence-electron chi connectivity index (χ1n) is 5.81. The van der Waals surface area contributed by atoms with Gasteiger partial charge in [-0.05, 0) is 16.8 Å². The van der Waals surface area contributed by atoms with Crippen molar-refractivity contribution in [2.75, 3.05) is 13.7 Å². The molecule has 0 aliphatic rings. The third-order valence-corrected chi connectivity index (χ3v) is 2.32. The Morgan fingerprint density at radius 3 is 2.55 bits per heavy atom. The van der Waals surface area contributed by atoms with Gasteiger partial charge in [-0.1, -0.05) is 0 Å². The van der Waals surface area contributed by atoms with E-state index in [0.29, 0.717) is 0 Å². The highest BCUT2D eigenvalue weighted by molar-refractivity contribution is 5.75. The van der Waals surface area contributed by atoms with Gasteiger partial charge >= 0.3 is 18.1 Å². The van der Waals surface area contributed by atoms with Crippen molar-refractivity contribution < 1.29 is 37.1 Å². The molecule has 0 unspecified atom stereocenters. The van der Waals surface area contributed by atoms with Crippen molar-refractivity contribution in [3.05, 3.63) is 21.9 Å². The fourth-order valence-corrected chi connectivity index (χ4v) is 1.56. The normalized spacial score (nSPS) is 11.0. The van der Waals surface area contributed by atoms with Gasteiger partial charge in [0.05, 0.1) is 25.7 Å². The number of hydrogen-bond donors (Lipinski definition) is 0. The van der Waals surface area contributed by atoms with E-state index in [2.05, 4.69) is 14.5 Å². The standard InChI is InChI=1S/C11H11F3N2O6/c1-3-21-8(17)4-6-7(20-2)5-15-10(16(18)19)9(6)22-11(12,13)14/h5H,3-4H2,1-2H3. The van der Waals surface area contributed by atoms with Gasteiger partial charge in [0, 0.05) is 0 Å². The van der Waals surface area contributed by atoms with E-state index >= 15 is 0 Å². The van der Waals surface area contributed by atoms with Crippen molar-refractivity contribution in [1.82, 2.24) is 4.98 Å². The van der Waals surface area contributed by atoms with Gasteiger partial charge in [-0.15, -0.1) is 13.2 Å². The summed E-state index contributed by atoms with van der Waals surface area (Å²) in [6.45, 7) is 1.49. The SMILES string of the molecule is CCOC(=O)Cc1c(OC)cnc([N+](=O)[O-])c1OC(F)(F)F. The molecule has 0 aliphatic heterocycles. The number of pyridine rings is 1. The second-order valence-electron chi connectivity index (χ2n) is 3.74. The number of carbonyl (C=O) groups is 1. The summed E-state index contributed by atoms with van der Waals surface area (Å²) in [6, 6.07) is 0. The van der Waals surface area contributed by atoms with Crippen LogP contribution < -0.4 is 9.47 Å². The maximum atomic E-state index is 12.5. The first kappa shape index (κ1) is 17.5. The summed E-state index contributed by atoms with van der Waals surface area (Å²) in [6.07, 6.45) is -5.08. The zero-order chi connectivity index (χ0) is 16.9. The van der Waals surface area contributed by atoms with E-state index in [1.807, 2.05) is 0 Å². The molecular formula is C11H11F3N2O6. The van der Waals surface area contributed by atoms with Crippen molar-refractivity contribution in [2.24, 2.45) is 0 Å². The molecule has 0 saturated carbocycles. The van der Waals surface area contributed by atoms with Crippen LogP contribution in [0.15, 0.2) is 6.20 Å². The van der Waals surface area contributed by atoms with E-state index in [1.165, 1.54) is 6.92 Å². The van der Waals surface area contributed by atoms with Crippen molar-refractivity contribution >= 4 is 11.8 Å². The number of nitro groups is 1. The average Bonchev–Trinajstić information content (AvgIpc) is 2.38. The molecule has 1 aromatic rings. The molecule has 1 aromatic heterocycles. The van der Waals surface area contributed by atoms with E-state index in [0.717, 1.165) is 13.3 Å². The van der Waals surface area contributed by atoms with Crippen molar-refractivity contribution in [3.8, 4) is 11.5 Å². The molecule has 1 heterocycles. The van der Waals surface area contributed by atoms with Gasteiger partial charge in [0.2, 0.25) is 5.75 Å². The van der Waals surface area contributed by atoms with Gasteiger partial charge < -0.3 is 24.3 Å².